The number of nitrogens with one attached hydrogen (secondary N) is 1. The normalized spacial score (nSPS) is 14.5. The molecular weight excluding hydrogens is 282 g/mol. The van der Waals surface area contributed by atoms with Gasteiger partial charge in [0.1, 0.15) is 0 Å². The van der Waals surface area contributed by atoms with Crippen LogP contribution in [-0.4, -0.2) is 23.6 Å². The maximum absolute atomic E-state index is 6.19. The number of benzene rings is 1. The minimum Gasteiger partial charge on any atom is -0.327 e. The predicted octanol–water partition coefficient (Wildman–Crippen LogP) is 3.22. The Morgan fingerprint density at radius 3 is 2.39 bits per heavy atom. The van der Waals surface area contributed by atoms with E-state index in [1.165, 1.54) is 11.1 Å². The van der Waals surface area contributed by atoms with Crippen LogP contribution in [-0.2, 0) is 11.8 Å². The monoisotopic (exact) mass is 311 g/mol. The van der Waals surface area contributed by atoms with Crippen LogP contribution in [0.4, 0.5) is 0 Å². The lowest BCUT2D eigenvalue weighted by Crippen LogP contribution is -2.48. The summed E-state index contributed by atoms with van der Waals surface area (Å²) >= 11 is 0. The van der Waals surface area contributed by atoms with Gasteiger partial charge in [-0.2, -0.15) is 0 Å². The summed E-state index contributed by atoms with van der Waals surface area (Å²) in [5, 5.41) is 3.66. The smallest absolute Gasteiger partial charge is 0.0472 e. The Bertz CT molecular complexity index is 588. The van der Waals surface area contributed by atoms with E-state index in [2.05, 4.69) is 74.4 Å². The molecule has 23 heavy (non-hydrogen) atoms. The molecule has 2 atom stereocenters. The molecule has 3 nitrogen and oxygen atoms in total. The second-order valence-electron chi connectivity index (χ2n) is 7.14. The largest absolute Gasteiger partial charge is 0.327 e. The quantitative estimate of drug-likeness (QED) is 0.825. The van der Waals surface area contributed by atoms with Crippen molar-refractivity contribution in [1.29, 1.82) is 0 Å². The van der Waals surface area contributed by atoms with Gasteiger partial charge < -0.3 is 11.1 Å². The maximum atomic E-state index is 6.19. The molecule has 0 radical (unpaired) electrons. The molecule has 2 aromatic rings. The Labute approximate surface area is 140 Å². The van der Waals surface area contributed by atoms with Crippen molar-refractivity contribution in [2.45, 2.75) is 51.6 Å². The second-order valence-corrected chi connectivity index (χ2v) is 7.14. The van der Waals surface area contributed by atoms with Crippen LogP contribution in [0.15, 0.2) is 48.7 Å². The van der Waals surface area contributed by atoms with E-state index >= 15 is 0 Å². The Kier molecular flexibility index (Phi) is 5.91. The zero-order valence-electron chi connectivity index (χ0n) is 14.7. The summed E-state index contributed by atoms with van der Waals surface area (Å²) in [6.07, 6.45) is 2.88. The minimum atomic E-state index is -0.0302. The first-order valence-electron chi connectivity index (χ1n) is 8.34. The zero-order valence-corrected chi connectivity index (χ0v) is 14.7. The van der Waals surface area contributed by atoms with Gasteiger partial charge in [-0.3, -0.25) is 4.98 Å². The first kappa shape index (κ1) is 17.6. The van der Waals surface area contributed by atoms with E-state index in [9.17, 15) is 0 Å². The molecule has 2 rings (SSSR count). The molecule has 0 aliphatic carbocycles. The van der Waals surface area contributed by atoms with Crippen molar-refractivity contribution in [3.63, 3.8) is 0 Å². The summed E-state index contributed by atoms with van der Waals surface area (Å²) in [7, 11) is 0. The Hall–Kier alpha value is -1.71. The van der Waals surface area contributed by atoms with Crippen LogP contribution in [0.3, 0.4) is 0 Å². The number of rotatable bonds is 7. The van der Waals surface area contributed by atoms with Gasteiger partial charge in [0.15, 0.2) is 0 Å². The van der Waals surface area contributed by atoms with Gasteiger partial charge in [0.25, 0.3) is 0 Å². The lowest BCUT2D eigenvalue weighted by atomic mass is 9.87. The van der Waals surface area contributed by atoms with Gasteiger partial charge in [-0.1, -0.05) is 50.2 Å². The molecule has 0 amide bonds. The molecule has 1 heterocycles. The summed E-state index contributed by atoms with van der Waals surface area (Å²) in [4.78, 5) is 4.59. The highest BCUT2D eigenvalue weighted by Gasteiger charge is 2.24. The van der Waals surface area contributed by atoms with Crippen molar-refractivity contribution in [1.82, 2.24) is 10.3 Å². The van der Waals surface area contributed by atoms with Crippen LogP contribution < -0.4 is 11.1 Å². The van der Waals surface area contributed by atoms with Crippen LogP contribution in [0.25, 0.3) is 0 Å². The maximum Gasteiger partial charge on any atom is 0.0472 e. The van der Waals surface area contributed by atoms with Crippen molar-refractivity contribution in [2.75, 3.05) is 6.54 Å². The minimum absolute atomic E-state index is 0.0302. The van der Waals surface area contributed by atoms with Crippen LogP contribution >= 0.6 is 0 Å². The van der Waals surface area contributed by atoms with Crippen LogP contribution in [0.2, 0.25) is 0 Å². The number of hydrogen-bond acceptors (Lipinski definition) is 3. The lowest BCUT2D eigenvalue weighted by Gasteiger charge is -2.30. The first-order valence-corrected chi connectivity index (χ1v) is 8.34. The van der Waals surface area contributed by atoms with Crippen LogP contribution in [0.1, 0.15) is 37.6 Å². The topological polar surface area (TPSA) is 50.9 Å². The fourth-order valence-electron chi connectivity index (χ4n) is 2.66. The summed E-state index contributed by atoms with van der Waals surface area (Å²) in [5.41, 5.74) is 9.78. The number of aryl methyl sites for hydroxylation is 1. The van der Waals surface area contributed by atoms with E-state index in [0.717, 1.165) is 18.7 Å². The zero-order chi connectivity index (χ0) is 16.9. The van der Waals surface area contributed by atoms with Gasteiger partial charge in [-0.25, -0.2) is 0 Å². The summed E-state index contributed by atoms with van der Waals surface area (Å²) in [5.74, 6) is 0. The Morgan fingerprint density at radius 1 is 1.13 bits per heavy atom. The van der Waals surface area contributed by atoms with E-state index in [1.807, 2.05) is 12.3 Å². The number of nitrogens with two attached hydrogens (primary N) is 1. The molecule has 0 aliphatic heterocycles. The van der Waals surface area contributed by atoms with Gasteiger partial charge in [-0.05, 0) is 37.5 Å². The van der Waals surface area contributed by atoms with Gasteiger partial charge in [0.2, 0.25) is 0 Å². The molecule has 0 aliphatic rings. The van der Waals surface area contributed by atoms with E-state index < -0.39 is 0 Å². The number of nitrogens with zero attached hydrogens (tertiary/aromatic N) is 1. The average molecular weight is 311 g/mol. The number of aromatic nitrogens is 1. The molecule has 3 heteroatoms. The molecule has 0 saturated heterocycles. The van der Waals surface area contributed by atoms with E-state index in [-0.39, 0.29) is 17.5 Å². The highest BCUT2D eigenvalue weighted by Crippen LogP contribution is 2.21. The Morgan fingerprint density at radius 2 is 1.83 bits per heavy atom. The summed E-state index contributed by atoms with van der Waals surface area (Å²) < 4.78 is 0. The van der Waals surface area contributed by atoms with E-state index in [1.54, 1.807) is 0 Å². The van der Waals surface area contributed by atoms with Crippen molar-refractivity contribution in [3.05, 3.63) is 65.5 Å². The second kappa shape index (κ2) is 7.71. The number of pyridine rings is 1. The highest BCUT2D eigenvalue weighted by atomic mass is 15.0. The van der Waals surface area contributed by atoms with E-state index in [4.69, 9.17) is 5.73 Å². The third-order valence-corrected chi connectivity index (χ3v) is 4.34. The van der Waals surface area contributed by atoms with E-state index in [0.29, 0.717) is 0 Å². The summed E-state index contributed by atoms with van der Waals surface area (Å²) in [6.45, 7) is 9.42. The van der Waals surface area contributed by atoms with Crippen LogP contribution in [0, 0.1) is 6.92 Å². The SMILES string of the molecule is Cc1ccc(C(C)(C)CNC(Cc2ccccc2)C(C)N)nc1. The van der Waals surface area contributed by atoms with Crippen molar-refractivity contribution >= 4 is 0 Å². The van der Waals surface area contributed by atoms with Gasteiger partial charge in [-0.15, -0.1) is 0 Å². The average Bonchev–Trinajstić information content (AvgIpc) is 2.52. The highest BCUT2D eigenvalue weighted by molar-refractivity contribution is 5.20. The van der Waals surface area contributed by atoms with Gasteiger partial charge in [0.05, 0.1) is 0 Å². The standard InChI is InChI=1S/C20H29N3/c1-15-10-11-19(22-13-15)20(3,4)14-23-18(16(2)21)12-17-8-6-5-7-9-17/h5-11,13,16,18,23H,12,14,21H2,1-4H3. The molecule has 1 aromatic carbocycles. The first-order chi connectivity index (χ1) is 10.9. The number of hydrogen-bond donors (Lipinski definition) is 2. The van der Waals surface area contributed by atoms with Crippen molar-refractivity contribution in [3.8, 4) is 0 Å². The van der Waals surface area contributed by atoms with Crippen molar-refractivity contribution in [2.24, 2.45) is 5.73 Å². The molecule has 1 aromatic heterocycles. The molecule has 0 spiro atoms. The van der Waals surface area contributed by atoms with Gasteiger partial charge >= 0.3 is 0 Å². The lowest BCUT2D eigenvalue weighted by molar-refractivity contribution is 0.378. The molecule has 2 unspecified atom stereocenters. The fraction of sp³-hybridized carbons (Fsp3) is 0.450. The molecule has 0 fully saturated rings. The fourth-order valence-corrected chi connectivity index (χ4v) is 2.66. The van der Waals surface area contributed by atoms with Gasteiger partial charge in [0, 0.05) is 35.9 Å². The molecule has 0 bridgehead atoms. The summed E-state index contributed by atoms with van der Waals surface area (Å²) in [6, 6.07) is 15.1. The predicted molar refractivity (Wildman–Crippen MR) is 97.6 cm³/mol. The Balaban J connectivity index is 2.01. The molecule has 3 N–H and O–H groups in total. The third kappa shape index (κ3) is 5.15. The third-order valence-electron chi connectivity index (χ3n) is 4.34. The van der Waals surface area contributed by atoms with Crippen LogP contribution in [0.5, 0.6) is 0 Å². The molecule has 0 saturated carbocycles. The molecular formula is C20H29N3. The molecule has 124 valence electrons. The van der Waals surface area contributed by atoms with Crippen molar-refractivity contribution < 1.29 is 0 Å².